The van der Waals surface area contributed by atoms with Gasteiger partial charge in [0.25, 0.3) is 0 Å². The number of hydrogen-bond donors (Lipinski definition) is 1. The van der Waals surface area contributed by atoms with E-state index in [-0.39, 0.29) is 55.0 Å². The quantitative estimate of drug-likeness (QED) is 0.614. The van der Waals surface area contributed by atoms with Crippen molar-refractivity contribution in [3.63, 3.8) is 0 Å². The summed E-state index contributed by atoms with van der Waals surface area (Å²) in [7, 11) is -3.92. The summed E-state index contributed by atoms with van der Waals surface area (Å²) in [4.78, 5) is 12.5. The second-order valence-corrected chi connectivity index (χ2v) is 9.58. The number of morpholine rings is 1. The third-order valence-corrected chi connectivity index (χ3v) is 6.98. The lowest BCUT2D eigenvalue weighted by Crippen LogP contribution is -2.40. The molecule has 0 radical (unpaired) electrons. The average Bonchev–Trinajstić information content (AvgIpc) is 2.78. The van der Waals surface area contributed by atoms with E-state index in [9.17, 15) is 26.4 Å². The van der Waals surface area contributed by atoms with E-state index in [0.717, 1.165) is 17.7 Å². The summed E-state index contributed by atoms with van der Waals surface area (Å²) in [5.74, 6) is -0.913. The Morgan fingerprint density at radius 3 is 2.45 bits per heavy atom. The van der Waals surface area contributed by atoms with Crippen molar-refractivity contribution in [3.05, 3.63) is 54.1 Å². The van der Waals surface area contributed by atoms with Crippen molar-refractivity contribution in [2.75, 3.05) is 38.2 Å². The van der Waals surface area contributed by atoms with Gasteiger partial charge in [0.15, 0.2) is 6.61 Å². The highest BCUT2D eigenvalue weighted by Gasteiger charge is 2.30. The molecule has 2 aromatic rings. The number of alkyl halides is 3. The zero-order valence-electron chi connectivity index (χ0n) is 18.0. The van der Waals surface area contributed by atoms with Crippen LogP contribution in [0.25, 0.3) is 0 Å². The number of carbonyl (C=O) groups excluding carboxylic acids is 1. The average molecular weight is 487 g/mol. The molecule has 7 nitrogen and oxygen atoms in total. The van der Waals surface area contributed by atoms with E-state index >= 15 is 0 Å². The number of anilines is 1. The second-order valence-electron chi connectivity index (χ2n) is 7.64. The van der Waals surface area contributed by atoms with Crippen molar-refractivity contribution in [3.8, 4) is 5.75 Å². The van der Waals surface area contributed by atoms with Gasteiger partial charge in [-0.1, -0.05) is 37.3 Å². The predicted molar refractivity (Wildman–Crippen MR) is 116 cm³/mol. The van der Waals surface area contributed by atoms with E-state index in [1.54, 1.807) is 0 Å². The Morgan fingerprint density at radius 2 is 1.82 bits per heavy atom. The third-order valence-electron chi connectivity index (χ3n) is 5.08. The number of sulfonamides is 1. The molecule has 0 spiro atoms. The first-order valence-corrected chi connectivity index (χ1v) is 11.8. The van der Waals surface area contributed by atoms with E-state index < -0.39 is 28.7 Å². The molecule has 0 bridgehead atoms. The molecule has 33 heavy (non-hydrogen) atoms. The van der Waals surface area contributed by atoms with E-state index in [1.165, 1.54) is 10.4 Å². The largest absolute Gasteiger partial charge is 0.482 e. The fourth-order valence-electron chi connectivity index (χ4n) is 3.37. The normalized spacial score (nSPS) is 16.2. The molecule has 0 aromatic heterocycles. The standard InChI is InChI=1S/C22H25F3N2O5S/c1-16(17-5-3-2-4-6-17)13-21(28)26-19-14-18(7-8-20(19)32-15-22(23,24)25)33(29,30)27-9-11-31-12-10-27/h2-8,14,16H,9-13,15H2,1H3,(H,26,28)/t16-/m0/s1. The first kappa shape index (κ1) is 25.0. The van der Waals surface area contributed by atoms with Gasteiger partial charge in [0, 0.05) is 19.5 Å². The van der Waals surface area contributed by atoms with Crippen LogP contribution in [0.5, 0.6) is 5.75 Å². The Kier molecular flexibility index (Phi) is 7.98. The van der Waals surface area contributed by atoms with Crippen LogP contribution in [0.2, 0.25) is 0 Å². The molecule has 0 aliphatic carbocycles. The number of benzene rings is 2. The van der Waals surface area contributed by atoms with E-state index in [2.05, 4.69) is 5.32 Å². The van der Waals surface area contributed by atoms with Crippen LogP contribution in [0.1, 0.15) is 24.8 Å². The summed E-state index contributed by atoms with van der Waals surface area (Å²) < 4.78 is 75.2. The van der Waals surface area contributed by atoms with Gasteiger partial charge in [-0.3, -0.25) is 4.79 Å². The highest BCUT2D eigenvalue weighted by Crippen LogP contribution is 2.31. The molecular weight excluding hydrogens is 461 g/mol. The Bertz CT molecular complexity index is 1060. The minimum absolute atomic E-state index is 0.0448. The zero-order chi connectivity index (χ0) is 24.1. The maximum absolute atomic E-state index is 13.0. The smallest absolute Gasteiger partial charge is 0.422 e. The minimum atomic E-state index is -4.60. The summed E-state index contributed by atoms with van der Waals surface area (Å²) >= 11 is 0. The molecule has 2 aromatic carbocycles. The van der Waals surface area contributed by atoms with E-state index in [0.29, 0.717) is 0 Å². The summed E-state index contributed by atoms with van der Waals surface area (Å²) in [6, 6.07) is 12.7. The van der Waals surface area contributed by atoms with Gasteiger partial charge < -0.3 is 14.8 Å². The van der Waals surface area contributed by atoms with Gasteiger partial charge in [0.1, 0.15) is 5.75 Å². The number of nitrogens with one attached hydrogen (secondary N) is 1. The van der Waals surface area contributed by atoms with Gasteiger partial charge in [0.2, 0.25) is 15.9 Å². The van der Waals surface area contributed by atoms with Gasteiger partial charge in [-0.15, -0.1) is 0 Å². The van der Waals surface area contributed by atoms with Crippen molar-refractivity contribution in [2.24, 2.45) is 0 Å². The molecule has 0 unspecified atom stereocenters. The molecule has 1 heterocycles. The number of amides is 1. The van der Waals surface area contributed by atoms with Crippen LogP contribution in [-0.4, -0.2) is 57.7 Å². The first-order chi connectivity index (χ1) is 15.6. The fraction of sp³-hybridized carbons (Fsp3) is 0.409. The molecular formula is C22H25F3N2O5S. The Morgan fingerprint density at radius 1 is 1.15 bits per heavy atom. The van der Waals surface area contributed by atoms with Crippen molar-refractivity contribution >= 4 is 21.6 Å². The van der Waals surface area contributed by atoms with Crippen molar-refractivity contribution in [2.45, 2.75) is 30.3 Å². The molecule has 0 saturated carbocycles. The van der Waals surface area contributed by atoms with Crippen LogP contribution in [0, 0.1) is 0 Å². The van der Waals surface area contributed by atoms with Gasteiger partial charge in [-0.05, 0) is 29.7 Å². The van der Waals surface area contributed by atoms with Crippen molar-refractivity contribution in [1.29, 1.82) is 0 Å². The van der Waals surface area contributed by atoms with Gasteiger partial charge >= 0.3 is 6.18 Å². The minimum Gasteiger partial charge on any atom is -0.482 e. The molecule has 1 amide bonds. The molecule has 1 atom stereocenters. The van der Waals surface area contributed by atoms with Crippen LogP contribution in [0.15, 0.2) is 53.4 Å². The molecule has 11 heteroatoms. The lowest BCUT2D eigenvalue weighted by atomic mass is 9.97. The summed E-state index contributed by atoms with van der Waals surface area (Å²) in [5.41, 5.74) is 0.781. The number of carbonyl (C=O) groups is 1. The number of rotatable bonds is 8. The third kappa shape index (κ3) is 6.92. The second kappa shape index (κ2) is 10.5. The molecule has 1 fully saturated rings. The summed E-state index contributed by atoms with van der Waals surface area (Å²) in [5, 5.41) is 2.52. The number of nitrogens with zero attached hydrogens (tertiary/aromatic N) is 1. The molecule has 1 aliphatic heterocycles. The Balaban J connectivity index is 1.83. The highest BCUT2D eigenvalue weighted by molar-refractivity contribution is 7.89. The lowest BCUT2D eigenvalue weighted by molar-refractivity contribution is -0.153. The fourth-order valence-corrected chi connectivity index (χ4v) is 4.80. The number of hydrogen-bond acceptors (Lipinski definition) is 5. The lowest BCUT2D eigenvalue weighted by Gasteiger charge is -2.26. The molecule has 180 valence electrons. The van der Waals surface area contributed by atoms with Crippen molar-refractivity contribution < 1.29 is 35.9 Å². The zero-order valence-corrected chi connectivity index (χ0v) is 18.8. The maximum atomic E-state index is 13.0. The van der Waals surface area contributed by atoms with Gasteiger partial charge in [-0.2, -0.15) is 17.5 Å². The van der Waals surface area contributed by atoms with Crippen molar-refractivity contribution in [1.82, 2.24) is 4.31 Å². The molecule has 1 saturated heterocycles. The predicted octanol–water partition coefficient (Wildman–Crippen LogP) is 3.78. The summed E-state index contributed by atoms with van der Waals surface area (Å²) in [6.07, 6.45) is -4.55. The Hall–Kier alpha value is -2.63. The monoisotopic (exact) mass is 486 g/mol. The van der Waals surface area contributed by atoms with E-state index in [1.807, 2.05) is 37.3 Å². The van der Waals surface area contributed by atoms with E-state index in [4.69, 9.17) is 9.47 Å². The molecule has 3 rings (SSSR count). The highest BCUT2D eigenvalue weighted by atomic mass is 32.2. The van der Waals surface area contributed by atoms with Crippen LogP contribution in [0.3, 0.4) is 0 Å². The first-order valence-electron chi connectivity index (χ1n) is 10.3. The SMILES string of the molecule is C[C@@H](CC(=O)Nc1cc(S(=O)(=O)N2CCOCC2)ccc1OCC(F)(F)F)c1ccccc1. The van der Waals surface area contributed by atoms with Gasteiger partial charge in [-0.25, -0.2) is 8.42 Å². The van der Waals surface area contributed by atoms with Crippen LogP contribution in [-0.2, 0) is 19.6 Å². The maximum Gasteiger partial charge on any atom is 0.422 e. The van der Waals surface area contributed by atoms with Crippen LogP contribution >= 0.6 is 0 Å². The Labute approximate surface area is 190 Å². The number of halogens is 3. The molecule has 1 N–H and O–H groups in total. The van der Waals surface area contributed by atoms with Crippen LogP contribution < -0.4 is 10.1 Å². The molecule has 1 aliphatic rings. The number of ether oxygens (including phenoxy) is 2. The summed E-state index contributed by atoms with van der Waals surface area (Å²) in [6.45, 7) is 1.07. The topological polar surface area (TPSA) is 84.9 Å². The van der Waals surface area contributed by atoms with Crippen LogP contribution in [0.4, 0.5) is 18.9 Å². The van der Waals surface area contributed by atoms with Gasteiger partial charge in [0.05, 0.1) is 23.8 Å².